The molecule has 0 aromatic carbocycles. The summed E-state index contributed by atoms with van der Waals surface area (Å²) in [5.74, 6) is -1.19. The first-order valence-corrected chi connectivity index (χ1v) is 3.49. The summed E-state index contributed by atoms with van der Waals surface area (Å²) in [4.78, 5) is 0. The van der Waals surface area contributed by atoms with Crippen molar-refractivity contribution in [3.05, 3.63) is 35.0 Å². The fourth-order valence-electron chi connectivity index (χ4n) is 0.365. The minimum absolute atomic E-state index is 0.197. The SMILES string of the molecule is C=C/C(Br)=C\C(=CO)C(=N)F. The van der Waals surface area contributed by atoms with Gasteiger partial charge in [-0.25, -0.2) is 0 Å². The van der Waals surface area contributed by atoms with Crippen LogP contribution in [0.3, 0.4) is 0 Å². The van der Waals surface area contributed by atoms with Crippen molar-refractivity contribution in [1.29, 1.82) is 5.41 Å². The molecule has 11 heavy (non-hydrogen) atoms. The number of hydrogen-bond donors (Lipinski definition) is 2. The zero-order valence-corrected chi connectivity index (χ0v) is 7.23. The van der Waals surface area contributed by atoms with E-state index >= 15 is 0 Å². The summed E-state index contributed by atoms with van der Waals surface area (Å²) in [5.41, 5.74) is -0.197. The third kappa shape index (κ3) is 3.72. The molecule has 60 valence electrons. The molecule has 0 saturated heterocycles. The Bertz CT molecular complexity index is 233. The number of rotatable bonds is 3. The summed E-state index contributed by atoms with van der Waals surface area (Å²) in [7, 11) is 0. The molecular weight excluding hydrogens is 213 g/mol. The lowest BCUT2D eigenvalue weighted by Gasteiger charge is -1.92. The fraction of sp³-hybridized carbons (Fsp3) is 0. The van der Waals surface area contributed by atoms with E-state index in [0.29, 0.717) is 10.7 Å². The van der Waals surface area contributed by atoms with E-state index in [2.05, 4.69) is 22.5 Å². The summed E-state index contributed by atoms with van der Waals surface area (Å²) in [6, 6.07) is 0. The van der Waals surface area contributed by atoms with Crippen LogP contribution in [-0.2, 0) is 0 Å². The number of aliphatic hydroxyl groups excluding tert-OH is 1. The van der Waals surface area contributed by atoms with Crippen LogP contribution in [0.1, 0.15) is 0 Å². The molecule has 0 unspecified atom stereocenters. The lowest BCUT2D eigenvalue weighted by molar-refractivity contribution is 0.470. The molecule has 0 atom stereocenters. The first kappa shape index (κ1) is 10.1. The quantitative estimate of drug-likeness (QED) is 0.428. The largest absolute Gasteiger partial charge is 0.515 e. The molecule has 0 saturated carbocycles. The average Bonchev–Trinajstić information content (AvgIpc) is 1.99. The van der Waals surface area contributed by atoms with E-state index in [0.717, 1.165) is 0 Å². The van der Waals surface area contributed by atoms with E-state index in [4.69, 9.17) is 10.5 Å². The van der Waals surface area contributed by atoms with Gasteiger partial charge < -0.3 is 5.11 Å². The van der Waals surface area contributed by atoms with Gasteiger partial charge in [-0.2, -0.15) is 4.39 Å². The van der Waals surface area contributed by atoms with Crippen LogP contribution in [0.5, 0.6) is 0 Å². The zero-order valence-electron chi connectivity index (χ0n) is 5.64. The van der Waals surface area contributed by atoms with Gasteiger partial charge in [-0.05, 0) is 6.08 Å². The van der Waals surface area contributed by atoms with Crippen LogP contribution in [0.4, 0.5) is 4.39 Å². The molecule has 0 aliphatic heterocycles. The lowest BCUT2D eigenvalue weighted by atomic mass is 10.3. The Balaban J connectivity index is 4.57. The predicted molar refractivity (Wildman–Crippen MR) is 46.8 cm³/mol. The first-order valence-electron chi connectivity index (χ1n) is 2.70. The zero-order chi connectivity index (χ0) is 8.85. The minimum atomic E-state index is -1.19. The maximum atomic E-state index is 12.1. The van der Waals surface area contributed by atoms with Gasteiger partial charge >= 0.3 is 0 Å². The van der Waals surface area contributed by atoms with Crippen LogP contribution in [0, 0.1) is 5.41 Å². The van der Waals surface area contributed by atoms with Crippen molar-refractivity contribution in [2.75, 3.05) is 0 Å². The van der Waals surface area contributed by atoms with Crippen LogP contribution >= 0.6 is 15.9 Å². The molecule has 0 bridgehead atoms. The molecule has 2 N–H and O–H groups in total. The molecule has 0 aromatic rings. The van der Waals surface area contributed by atoms with Crippen molar-refractivity contribution in [3.63, 3.8) is 0 Å². The molecule has 0 amide bonds. The number of allylic oxidation sites excluding steroid dienone is 4. The Morgan fingerprint density at radius 1 is 1.64 bits per heavy atom. The monoisotopic (exact) mass is 219 g/mol. The highest BCUT2D eigenvalue weighted by atomic mass is 79.9. The average molecular weight is 220 g/mol. The molecule has 0 heterocycles. The van der Waals surface area contributed by atoms with Crippen LogP contribution in [0.25, 0.3) is 0 Å². The Morgan fingerprint density at radius 3 is 2.45 bits per heavy atom. The second-order valence-corrected chi connectivity index (χ2v) is 2.55. The topological polar surface area (TPSA) is 44.1 Å². The highest BCUT2D eigenvalue weighted by Gasteiger charge is 1.99. The van der Waals surface area contributed by atoms with Crippen molar-refractivity contribution < 1.29 is 9.50 Å². The summed E-state index contributed by atoms with van der Waals surface area (Å²) >= 11 is 3.01. The molecular formula is C7H7BrFNO. The van der Waals surface area contributed by atoms with Gasteiger partial charge in [-0.3, -0.25) is 5.41 Å². The summed E-state index contributed by atoms with van der Waals surface area (Å²) in [6.45, 7) is 3.39. The van der Waals surface area contributed by atoms with Crippen LogP contribution < -0.4 is 0 Å². The third-order valence-corrected chi connectivity index (χ3v) is 1.43. The summed E-state index contributed by atoms with van der Waals surface area (Å²) in [5, 5.41) is 14.9. The number of halogens is 2. The van der Waals surface area contributed by atoms with Crippen molar-refractivity contribution in [3.8, 4) is 0 Å². The van der Waals surface area contributed by atoms with E-state index in [1.165, 1.54) is 12.2 Å². The second kappa shape index (κ2) is 4.85. The maximum Gasteiger partial charge on any atom is 0.215 e. The Labute approximate surface area is 72.4 Å². The van der Waals surface area contributed by atoms with Gasteiger partial charge in [-0.15, -0.1) is 0 Å². The Kier molecular flexibility index (Phi) is 4.45. The van der Waals surface area contributed by atoms with Gasteiger partial charge in [0.15, 0.2) is 0 Å². The second-order valence-electron chi connectivity index (χ2n) is 1.63. The maximum absolute atomic E-state index is 12.1. The third-order valence-electron chi connectivity index (χ3n) is 0.881. The van der Waals surface area contributed by atoms with Crippen LogP contribution in [-0.4, -0.2) is 11.1 Å². The van der Waals surface area contributed by atoms with E-state index in [1.807, 2.05) is 0 Å². The van der Waals surface area contributed by atoms with Crippen molar-refractivity contribution in [2.45, 2.75) is 0 Å². The van der Waals surface area contributed by atoms with Gasteiger partial charge in [0.2, 0.25) is 5.97 Å². The minimum Gasteiger partial charge on any atom is -0.515 e. The van der Waals surface area contributed by atoms with E-state index < -0.39 is 5.97 Å². The van der Waals surface area contributed by atoms with Crippen LogP contribution in [0.2, 0.25) is 0 Å². The number of hydrogen-bond acceptors (Lipinski definition) is 2. The van der Waals surface area contributed by atoms with Crippen molar-refractivity contribution in [1.82, 2.24) is 0 Å². The summed E-state index contributed by atoms with van der Waals surface area (Å²) < 4.78 is 12.6. The van der Waals surface area contributed by atoms with Crippen molar-refractivity contribution >= 4 is 21.9 Å². The molecule has 0 rings (SSSR count). The van der Waals surface area contributed by atoms with E-state index in [9.17, 15) is 4.39 Å². The normalized spacial score (nSPS) is 12.9. The van der Waals surface area contributed by atoms with Crippen molar-refractivity contribution in [2.24, 2.45) is 0 Å². The van der Waals surface area contributed by atoms with Gasteiger partial charge in [0.25, 0.3) is 0 Å². The molecule has 0 spiro atoms. The van der Waals surface area contributed by atoms with Gasteiger partial charge in [0.1, 0.15) is 0 Å². The van der Waals surface area contributed by atoms with Crippen LogP contribution in [0.15, 0.2) is 35.0 Å². The fourth-order valence-corrected chi connectivity index (χ4v) is 0.611. The highest BCUT2D eigenvalue weighted by Crippen LogP contribution is 2.10. The molecule has 0 aliphatic carbocycles. The predicted octanol–water partition coefficient (Wildman–Crippen LogP) is 2.84. The standard InChI is InChI=1S/C7H7BrFNO/c1-2-6(8)3-5(4-11)7(9)10/h2-4,10-11H,1H2/b5-4?,6-3+,10-7?. The summed E-state index contributed by atoms with van der Waals surface area (Å²) in [6.07, 6.45) is 3.19. The Hall–Kier alpha value is -0.900. The number of aliphatic hydroxyl groups is 1. The number of nitrogens with one attached hydrogen (secondary N) is 1. The lowest BCUT2D eigenvalue weighted by Crippen LogP contribution is -1.89. The molecule has 0 radical (unpaired) electrons. The Morgan fingerprint density at radius 2 is 2.18 bits per heavy atom. The molecule has 0 aliphatic rings. The van der Waals surface area contributed by atoms with E-state index in [-0.39, 0.29) is 5.57 Å². The molecule has 0 fully saturated rings. The van der Waals surface area contributed by atoms with Gasteiger partial charge in [0.05, 0.1) is 11.8 Å². The molecule has 2 nitrogen and oxygen atoms in total. The van der Waals surface area contributed by atoms with Gasteiger partial charge in [-0.1, -0.05) is 28.6 Å². The van der Waals surface area contributed by atoms with Gasteiger partial charge in [0, 0.05) is 4.48 Å². The first-order chi connectivity index (χ1) is 5.11. The highest BCUT2D eigenvalue weighted by molar-refractivity contribution is 9.11. The van der Waals surface area contributed by atoms with E-state index in [1.54, 1.807) is 0 Å². The molecule has 4 heteroatoms. The molecule has 0 aromatic heterocycles. The smallest absolute Gasteiger partial charge is 0.215 e.